The Balaban J connectivity index is 1.79. The number of nitrogens with zero attached hydrogens (tertiary/aromatic N) is 1. The van der Waals surface area contributed by atoms with Gasteiger partial charge in [-0.3, -0.25) is 4.79 Å². The van der Waals surface area contributed by atoms with Gasteiger partial charge in [0.15, 0.2) is 0 Å². The van der Waals surface area contributed by atoms with Crippen LogP contribution in [0.25, 0.3) is 0 Å². The Hall–Kier alpha value is -3.20. The van der Waals surface area contributed by atoms with Crippen LogP contribution in [0.4, 0.5) is 5.69 Å². The monoisotopic (exact) mass is 383 g/mol. The third-order valence-electron chi connectivity index (χ3n) is 5.31. The Kier molecular flexibility index (Phi) is 5.85. The lowest BCUT2D eigenvalue weighted by Crippen LogP contribution is -2.05. The number of methoxy groups -OCH3 is 1. The van der Waals surface area contributed by atoms with Crippen molar-refractivity contribution in [3.8, 4) is 0 Å². The van der Waals surface area contributed by atoms with E-state index < -0.39 is 0 Å². The highest BCUT2D eigenvalue weighted by molar-refractivity contribution is 6.14. The van der Waals surface area contributed by atoms with Crippen molar-refractivity contribution in [2.24, 2.45) is 4.99 Å². The van der Waals surface area contributed by atoms with Crippen LogP contribution in [0.1, 0.15) is 47.4 Å². The second-order valence-corrected chi connectivity index (χ2v) is 7.39. The van der Waals surface area contributed by atoms with Gasteiger partial charge in [-0.25, -0.2) is 4.99 Å². The topological polar surface area (TPSA) is 38.7 Å². The minimum Gasteiger partial charge on any atom is -0.469 e. The average molecular weight is 383 g/mol. The Morgan fingerprint density at radius 3 is 2.07 bits per heavy atom. The highest BCUT2D eigenvalue weighted by Crippen LogP contribution is 2.46. The summed E-state index contributed by atoms with van der Waals surface area (Å²) in [7, 11) is 1.44. The van der Waals surface area contributed by atoms with Crippen molar-refractivity contribution in [2.45, 2.75) is 31.6 Å². The second kappa shape index (κ2) is 8.87. The molecule has 3 heteroatoms. The fraction of sp³-hybridized carbons (Fsp3) is 0.231. The molecule has 0 heterocycles. The lowest BCUT2D eigenvalue weighted by molar-refractivity contribution is -0.140. The Morgan fingerprint density at radius 1 is 0.897 bits per heavy atom. The maximum atomic E-state index is 11.7. The summed E-state index contributed by atoms with van der Waals surface area (Å²) < 4.78 is 4.83. The minimum absolute atomic E-state index is 0.171. The summed E-state index contributed by atoms with van der Waals surface area (Å²) in [5.41, 5.74) is 6.68. The molecular formula is C26H25NO2. The molecule has 3 aromatic rings. The molecule has 0 N–H and O–H groups in total. The van der Waals surface area contributed by atoms with E-state index in [1.807, 2.05) is 42.5 Å². The first-order valence-electron chi connectivity index (χ1n) is 10.1. The molecule has 0 aromatic heterocycles. The Bertz CT molecular complexity index is 964. The van der Waals surface area contributed by atoms with Crippen LogP contribution in [0.15, 0.2) is 83.9 Å². The molecule has 0 bridgehead atoms. The fourth-order valence-corrected chi connectivity index (χ4v) is 3.71. The number of carbonyl (C=O) groups is 1. The summed E-state index contributed by atoms with van der Waals surface area (Å²) in [6, 6.07) is 26.9. The zero-order valence-electron chi connectivity index (χ0n) is 16.7. The molecule has 1 saturated carbocycles. The zero-order valence-corrected chi connectivity index (χ0v) is 16.7. The maximum absolute atomic E-state index is 11.7. The third kappa shape index (κ3) is 4.62. The van der Waals surface area contributed by atoms with Gasteiger partial charge in [0.25, 0.3) is 0 Å². The van der Waals surface area contributed by atoms with Gasteiger partial charge in [-0.05, 0) is 42.4 Å². The molecule has 0 spiro atoms. The van der Waals surface area contributed by atoms with Gasteiger partial charge in [0.1, 0.15) is 0 Å². The zero-order chi connectivity index (χ0) is 20.1. The molecule has 3 aromatic carbocycles. The van der Waals surface area contributed by atoms with Crippen LogP contribution >= 0.6 is 0 Å². The van der Waals surface area contributed by atoms with E-state index in [1.54, 1.807) is 0 Å². The molecule has 1 fully saturated rings. The second-order valence-electron chi connectivity index (χ2n) is 7.39. The van der Waals surface area contributed by atoms with Crippen LogP contribution in [0.3, 0.4) is 0 Å². The molecule has 0 atom stereocenters. The first kappa shape index (κ1) is 19.1. The fourth-order valence-electron chi connectivity index (χ4n) is 3.71. The van der Waals surface area contributed by atoms with Crippen molar-refractivity contribution in [1.82, 2.24) is 0 Å². The lowest BCUT2D eigenvalue weighted by Gasteiger charge is -2.14. The number of ether oxygens (including phenoxy) is 1. The van der Waals surface area contributed by atoms with Crippen LogP contribution in [-0.2, 0) is 16.0 Å². The standard InChI is InChI=1S/C26H25NO2/c1-29-24(28)18-17-19-13-8-14-23(25(19)20-15-16-20)27-26(21-9-4-2-5-10-21)22-11-6-3-7-12-22/h2-14,20H,15-18H2,1H3. The SMILES string of the molecule is COC(=O)CCc1cccc(N=C(c2ccccc2)c2ccccc2)c1C1CC1. The summed E-state index contributed by atoms with van der Waals surface area (Å²) in [5, 5.41) is 0. The van der Waals surface area contributed by atoms with Gasteiger partial charge >= 0.3 is 5.97 Å². The van der Waals surface area contributed by atoms with E-state index in [1.165, 1.54) is 31.1 Å². The largest absolute Gasteiger partial charge is 0.469 e. The molecule has 0 unspecified atom stereocenters. The van der Waals surface area contributed by atoms with Gasteiger partial charge in [-0.15, -0.1) is 0 Å². The first-order valence-corrected chi connectivity index (χ1v) is 10.1. The van der Waals surface area contributed by atoms with Gasteiger partial charge in [0.05, 0.1) is 18.5 Å². The average Bonchev–Trinajstić information content (AvgIpc) is 3.62. The predicted molar refractivity (Wildman–Crippen MR) is 117 cm³/mol. The van der Waals surface area contributed by atoms with Crippen molar-refractivity contribution in [2.75, 3.05) is 7.11 Å². The van der Waals surface area contributed by atoms with Crippen molar-refractivity contribution in [3.05, 3.63) is 101 Å². The van der Waals surface area contributed by atoms with Crippen molar-refractivity contribution >= 4 is 17.4 Å². The van der Waals surface area contributed by atoms with E-state index in [0.717, 1.165) is 22.5 Å². The van der Waals surface area contributed by atoms with Crippen LogP contribution in [0, 0.1) is 0 Å². The van der Waals surface area contributed by atoms with Crippen LogP contribution in [0.2, 0.25) is 0 Å². The number of aryl methyl sites for hydroxylation is 1. The number of hydrogen-bond acceptors (Lipinski definition) is 3. The molecule has 4 rings (SSSR count). The molecule has 0 saturated heterocycles. The van der Waals surface area contributed by atoms with Crippen LogP contribution in [0.5, 0.6) is 0 Å². The van der Waals surface area contributed by atoms with Crippen molar-refractivity contribution in [1.29, 1.82) is 0 Å². The molecule has 0 aliphatic heterocycles. The van der Waals surface area contributed by atoms with Crippen LogP contribution < -0.4 is 0 Å². The van der Waals surface area contributed by atoms with E-state index in [0.29, 0.717) is 18.8 Å². The first-order chi connectivity index (χ1) is 14.3. The number of esters is 1. The summed E-state index contributed by atoms with van der Waals surface area (Å²) in [4.78, 5) is 16.8. The third-order valence-corrected chi connectivity index (χ3v) is 5.31. The number of aliphatic imine (C=N–C) groups is 1. The van der Waals surface area contributed by atoms with Gasteiger partial charge in [-0.2, -0.15) is 0 Å². The Labute approximate surface area is 172 Å². The van der Waals surface area contributed by atoms with E-state index in [4.69, 9.17) is 9.73 Å². The quantitative estimate of drug-likeness (QED) is 0.380. The summed E-state index contributed by atoms with van der Waals surface area (Å²) in [6.07, 6.45) is 3.45. The molecule has 29 heavy (non-hydrogen) atoms. The number of rotatable bonds is 7. The van der Waals surface area contributed by atoms with Gasteiger partial charge < -0.3 is 4.74 Å². The smallest absolute Gasteiger partial charge is 0.305 e. The molecule has 0 radical (unpaired) electrons. The molecule has 0 amide bonds. The molecular weight excluding hydrogens is 358 g/mol. The minimum atomic E-state index is -0.171. The summed E-state index contributed by atoms with van der Waals surface area (Å²) >= 11 is 0. The maximum Gasteiger partial charge on any atom is 0.305 e. The normalized spacial score (nSPS) is 13.0. The summed E-state index contributed by atoms with van der Waals surface area (Å²) in [5.74, 6) is 0.366. The Morgan fingerprint density at radius 2 is 1.52 bits per heavy atom. The highest BCUT2D eigenvalue weighted by atomic mass is 16.5. The van der Waals surface area contributed by atoms with Gasteiger partial charge in [-0.1, -0.05) is 72.8 Å². The van der Waals surface area contributed by atoms with E-state index in [9.17, 15) is 4.79 Å². The van der Waals surface area contributed by atoms with E-state index in [2.05, 4.69) is 36.4 Å². The number of benzene rings is 3. The molecule has 1 aliphatic rings. The van der Waals surface area contributed by atoms with Gasteiger partial charge in [0.2, 0.25) is 0 Å². The molecule has 1 aliphatic carbocycles. The molecule has 3 nitrogen and oxygen atoms in total. The predicted octanol–water partition coefficient (Wildman–Crippen LogP) is 5.84. The van der Waals surface area contributed by atoms with E-state index >= 15 is 0 Å². The number of hydrogen-bond donors (Lipinski definition) is 0. The number of carbonyl (C=O) groups excluding carboxylic acids is 1. The summed E-state index contributed by atoms with van der Waals surface area (Å²) in [6.45, 7) is 0. The molecule has 146 valence electrons. The van der Waals surface area contributed by atoms with Crippen LogP contribution in [-0.4, -0.2) is 18.8 Å². The highest BCUT2D eigenvalue weighted by Gasteiger charge is 2.29. The lowest BCUT2D eigenvalue weighted by atomic mass is 9.96. The van der Waals surface area contributed by atoms with E-state index in [-0.39, 0.29) is 5.97 Å². The van der Waals surface area contributed by atoms with Gasteiger partial charge in [0, 0.05) is 17.5 Å². The van der Waals surface area contributed by atoms with Crippen molar-refractivity contribution in [3.63, 3.8) is 0 Å². The van der Waals surface area contributed by atoms with Crippen molar-refractivity contribution < 1.29 is 9.53 Å².